The van der Waals surface area contributed by atoms with Crippen LogP contribution in [0.15, 0.2) is 18.2 Å². The fourth-order valence-corrected chi connectivity index (χ4v) is 3.92. The second-order valence-electron chi connectivity index (χ2n) is 6.18. The lowest BCUT2D eigenvalue weighted by Crippen LogP contribution is -2.46. The molecule has 0 aromatic heterocycles. The Hall–Kier alpha value is -1.51. The zero-order valence-corrected chi connectivity index (χ0v) is 12.5. The summed E-state index contributed by atoms with van der Waals surface area (Å²) in [6, 6.07) is 6.53. The quantitative estimate of drug-likeness (QED) is 0.894. The van der Waals surface area contributed by atoms with Crippen molar-refractivity contribution in [3.63, 3.8) is 0 Å². The number of piperidine rings is 1. The van der Waals surface area contributed by atoms with E-state index in [1.165, 1.54) is 32.1 Å². The van der Waals surface area contributed by atoms with E-state index in [9.17, 15) is 4.79 Å². The third-order valence-electron chi connectivity index (χ3n) is 5.00. The van der Waals surface area contributed by atoms with Gasteiger partial charge in [-0.2, -0.15) is 0 Å². The van der Waals surface area contributed by atoms with Gasteiger partial charge in [0, 0.05) is 30.9 Å². The van der Waals surface area contributed by atoms with Crippen molar-refractivity contribution in [1.29, 1.82) is 0 Å². The first kappa shape index (κ1) is 13.5. The van der Waals surface area contributed by atoms with Gasteiger partial charge in [0.15, 0.2) is 0 Å². The van der Waals surface area contributed by atoms with Crippen LogP contribution in [-0.4, -0.2) is 30.4 Å². The van der Waals surface area contributed by atoms with Gasteiger partial charge in [-0.25, -0.2) is 0 Å². The van der Waals surface area contributed by atoms with Gasteiger partial charge in [-0.3, -0.25) is 4.79 Å². The predicted octanol–water partition coefficient (Wildman–Crippen LogP) is 3.44. The SMILES string of the molecule is CNc1ccc(C(=O)N2CCCC3CCCC32)c(C)c1. The van der Waals surface area contributed by atoms with Crippen molar-refractivity contribution in [3.05, 3.63) is 29.3 Å². The topological polar surface area (TPSA) is 32.3 Å². The molecule has 20 heavy (non-hydrogen) atoms. The zero-order chi connectivity index (χ0) is 14.1. The van der Waals surface area contributed by atoms with Crippen molar-refractivity contribution in [2.24, 2.45) is 5.92 Å². The third-order valence-corrected chi connectivity index (χ3v) is 5.00. The lowest BCUT2D eigenvalue weighted by Gasteiger charge is -2.38. The Morgan fingerprint density at radius 2 is 2.05 bits per heavy atom. The molecule has 1 N–H and O–H groups in total. The Labute approximate surface area is 121 Å². The highest BCUT2D eigenvalue weighted by atomic mass is 16.2. The standard InChI is InChI=1S/C17H24N2O/c1-12-11-14(18-2)8-9-15(12)17(20)19-10-4-6-13-5-3-7-16(13)19/h8-9,11,13,16,18H,3-7,10H2,1-2H3. The number of hydrogen-bond donors (Lipinski definition) is 1. The zero-order valence-electron chi connectivity index (χ0n) is 12.5. The number of nitrogens with zero attached hydrogens (tertiary/aromatic N) is 1. The van der Waals surface area contributed by atoms with E-state index >= 15 is 0 Å². The van der Waals surface area contributed by atoms with Crippen LogP contribution >= 0.6 is 0 Å². The smallest absolute Gasteiger partial charge is 0.254 e. The molecule has 2 unspecified atom stereocenters. The number of aryl methyl sites for hydroxylation is 1. The molecule has 1 saturated heterocycles. The number of fused-ring (bicyclic) bond motifs is 1. The summed E-state index contributed by atoms with van der Waals surface area (Å²) in [7, 11) is 1.91. The molecule has 0 radical (unpaired) electrons. The highest BCUT2D eigenvalue weighted by Crippen LogP contribution is 2.37. The van der Waals surface area contributed by atoms with Crippen molar-refractivity contribution in [1.82, 2.24) is 4.90 Å². The third kappa shape index (κ3) is 2.30. The second-order valence-corrected chi connectivity index (χ2v) is 6.18. The molecule has 1 aliphatic carbocycles. The molecule has 2 fully saturated rings. The number of rotatable bonds is 2. The largest absolute Gasteiger partial charge is 0.388 e. The Kier molecular flexibility index (Phi) is 3.68. The summed E-state index contributed by atoms with van der Waals surface area (Å²) in [5.74, 6) is 0.992. The average molecular weight is 272 g/mol. The highest BCUT2D eigenvalue weighted by Gasteiger charge is 2.37. The van der Waals surface area contributed by atoms with Crippen molar-refractivity contribution < 1.29 is 4.79 Å². The number of hydrogen-bond acceptors (Lipinski definition) is 2. The normalized spacial score (nSPS) is 25.4. The van der Waals surface area contributed by atoms with Crippen LogP contribution in [-0.2, 0) is 0 Å². The molecule has 3 heteroatoms. The first-order valence-corrected chi connectivity index (χ1v) is 7.80. The van der Waals surface area contributed by atoms with Gasteiger partial charge in [-0.1, -0.05) is 6.42 Å². The van der Waals surface area contributed by atoms with Crippen molar-refractivity contribution in [2.75, 3.05) is 18.9 Å². The number of benzene rings is 1. The number of amides is 1. The van der Waals surface area contributed by atoms with Crippen LogP contribution in [0.5, 0.6) is 0 Å². The Balaban J connectivity index is 1.84. The molecule has 2 aliphatic rings. The van der Waals surface area contributed by atoms with E-state index in [1.807, 2.05) is 26.1 Å². The van der Waals surface area contributed by atoms with Gasteiger partial charge in [-0.05, 0) is 62.3 Å². The van der Waals surface area contributed by atoms with Gasteiger partial charge in [0.2, 0.25) is 0 Å². The molecule has 1 heterocycles. The molecule has 1 aliphatic heterocycles. The average Bonchev–Trinajstić information content (AvgIpc) is 2.94. The molecule has 108 valence electrons. The van der Waals surface area contributed by atoms with Gasteiger partial charge < -0.3 is 10.2 Å². The maximum absolute atomic E-state index is 12.9. The molecule has 1 saturated carbocycles. The number of carbonyl (C=O) groups is 1. The first-order valence-electron chi connectivity index (χ1n) is 7.80. The van der Waals surface area contributed by atoms with Gasteiger partial charge in [0.25, 0.3) is 5.91 Å². The Morgan fingerprint density at radius 3 is 2.80 bits per heavy atom. The van der Waals surface area contributed by atoms with Crippen LogP contribution in [0.2, 0.25) is 0 Å². The van der Waals surface area contributed by atoms with E-state index in [1.54, 1.807) is 0 Å². The molecule has 1 amide bonds. The van der Waals surface area contributed by atoms with Crippen LogP contribution in [0.4, 0.5) is 5.69 Å². The fourth-order valence-electron chi connectivity index (χ4n) is 3.92. The lowest BCUT2D eigenvalue weighted by atomic mass is 9.91. The van der Waals surface area contributed by atoms with Gasteiger partial charge in [0.1, 0.15) is 0 Å². The van der Waals surface area contributed by atoms with E-state index in [4.69, 9.17) is 0 Å². The van der Waals surface area contributed by atoms with Crippen molar-refractivity contribution in [3.8, 4) is 0 Å². The summed E-state index contributed by atoms with van der Waals surface area (Å²) in [5.41, 5.74) is 3.01. The Bertz CT molecular complexity index is 512. The fraction of sp³-hybridized carbons (Fsp3) is 0.588. The van der Waals surface area contributed by atoms with Gasteiger partial charge >= 0.3 is 0 Å². The molecular formula is C17H24N2O. The number of likely N-dealkylation sites (tertiary alicyclic amines) is 1. The van der Waals surface area contributed by atoms with Crippen LogP contribution in [0.25, 0.3) is 0 Å². The highest BCUT2D eigenvalue weighted by molar-refractivity contribution is 5.96. The first-order chi connectivity index (χ1) is 9.70. The number of anilines is 1. The minimum atomic E-state index is 0.238. The van der Waals surface area contributed by atoms with Crippen LogP contribution in [0.3, 0.4) is 0 Å². The Morgan fingerprint density at radius 1 is 1.25 bits per heavy atom. The predicted molar refractivity (Wildman–Crippen MR) is 82.1 cm³/mol. The van der Waals surface area contributed by atoms with E-state index < -0.39 is 0 Å². The van der Waals surface area contributed by atoms with E-state index in [-0.39, 0.29) is 5.91 Å². The summed E-state index contributed by atoms with van der Waals surface area (Å²) in [5, 5.41) is 3.13. The molecule has 3 nitrogen and oxygen atoms in total. The minimum absolute atomic E-state index is 0.238. The van der Waals surface area contributed by atoms with Crippen molar-refractivity contribution in [2.45, 2.75) is 45.1 Å². The molecule has 2 atom stereocenters. The van der Waals surface area contributed by atoms with Crippen LogP contribution < -0.4 is 5.32 Å². The molecule has 1 aromatic carbocycles. The molecule has 3 rings (SSSR count). The molecule has 1 aromatic rings. The minimum Gasteiger partial charge on any atom is -0.388 e. The summed E-state index contributed by atoms with van der Waals surface area (Å²) >= 11 is 0. The lowest BCUT2D eigenvalue weighted by molar-refractivity contribution is 0.0547. The van der Waals surface area contributed by atoms with Crippen LogP contribution in [0, 0.1) is 12.8 Å². The molecule has 0 bridgehead atoms. The van der Waals surface area contributed by atoms with E-state index in [0.717, 1.165) is 29.3 Å². The maximum atomic E-state index is 12.9. The van der Waals surface area contributed by atoms with E-state index in [0.29, 0.717) is 6.04 Å². The van der Waals surface area contributed by atoms with Gasteiger partial charge in [0.05, 0.1) is 0 Å². The second kappa shape index (κ2) is 5.47. The molecular weight excluding hydrogens is 248 g/mol. The number of carbonyl (C=O) groups excluding carboxylic acids is 1. The summed E-state index contributed by atoms with van der Waals surface area (Å²) < 4.78 is 0. The maximum Gasteiger partial charge on any atom is 0.254 e. The van der Waals surface area contributed by atoms with Crippen LogP contribution in [0.1, 0.15) is 48.0 Å². The number of nitrogens with one attached hydrogen (secondary N) is 1. The summed E-state index contributed by atoms with van der Waals surface area (Å²) in [6.45, 7) is 2.97. The summed E-state index contributed by atoms with van der Waals surface area (Å²) in [6.07, 6.45) is 6.28. The van der Waals surface area contributed by atoms with Crippen molar-refractivity contribution >= 4 is 11.6 Å². The monoisotopic (exact) mass is 272 g/mol. The van der Waals surface area contributed by atoms with Gasteiger partial charge in [-0.15, -0.1) is 0 Å². The summed E-state index contributed by atoms with van der Waals surface area (Å²) in [4.78, 5) is 15.0. The molecule has 0 spiro atoms. The van der Waals surface area contributed by atoms with E-state index in [2.05, 4.69) is 16.3 Å².